The molecule has 1 amide bonds. The van der Waals surface area contributed by atoms with Crippen LogP contribution in [0.2, 0.25) is 0 Å². The molecule has 2 aromatic carbocycles. The summed E-state index contributed by atoms with van der Waals surface area (Å²) < 4.78 is 0. The van der Waals surface area contributed by atoms with E-state index in [0.717, 1.165) is 29.9 Å². The average Bonchev–Trinajstić information content (AvgIpc) is 3.17. The second-order valence-electron chi connectivity index (χ2n) is 6.64. The Morgan fingerprint density at radius 2 is 1.81 bits per heavy atom. The molecule has 130 valence electrons. The molecule has 7 heteroatoms. The van der Waals surface area contributed by atoms with Gasteiger partial charge in [-0.3, -0.25) is 10.1 Å². The number of para-hydroxylation sites is 2. The topological polar surface area (TPSA) is 86.3 Å². The second kappa shape index (κ2) is 5.08. The van der Waals surface area contributed by atoms with E-state index in [-0.39, 0.29) is 11.9 Å². The van der Waals surface area contributed by atoms with E-state index in [9.17, 15) is 4.79 Å². The van der Waals surface area contributed by atoms with E-state index in [4.69, 9.17) is 10.7 Å². The fraction of sp³-hybridized carbons (Fsp3) is 0.211. The predicted octanol–water partition coefficient (Wildman–Crippen LogP) is 1.15. The van der Waals surface area contributed by atoms with Crippen LogP contribution < -0.4 is 20.9 Å². The third-order valence-corrected chi connectivity index (χ3v) is 5.18. The summed E-state index contributed by atoms with van der Waals surface area (Å²) in [7, 11) is 1.74. The molecule has 3 heterocycles. The van der Waals surface area contributed by atoms with Crippen molar-refractivity contribution in [2.24, 2.45) is 15.7 Å². The van der Waals surface area contributed by atoms with Gasteiger partial charge >= 0.3 is 0 Å². The summed E-state index contributed by atoms with van der Waals surface area (Å²) in [6.07, 6.45) is 0.922. The van der Waals surface area contributed by atoms with Gasteiger partial charge in [0.05, 0.1) is 5.69 Å². The van der Waals surface area contributed by atoms with Crippen LogP contribution in [0.25, 0.3) is 0 Å². The van der Waals surface area contributed by atoms with Gasteiger partial charge in [-0.05, 0) is 24.1 Å². The van der Waals surface area contributed by atoms with Crippen molar-refractivity contribution in [3.8, 4) is 0 Å². The number of anilines is 2. The molecule has 5 rings (SSSR count). The maximum Gasteiger partial charge on any atom is 0.282 e. The highest BCUT2D eigenvalue weighted by Crippen LogP contribution is 2.44. The molecule has 0 saturated heterocycles. The number of benzene rings is 2. The van der Waals surface area contributed by atoms with Crippen molar-refractivity contribution >= 4 is 29.2 Å². The molecule has 0 aliphatic carbocycles. The molecule has 7 nitrogen and oxygen atoms in total. The summed E-state index contributed by atoms with van der Waals surface area (Å²) in [5.41, 5.74) is 8.63. The van der Waals surface area contributed by atoms with Gasteiger partial charge in [-0.25, -0.2) is 9.98 Å². The van der Waals surface area contributed by atoms with Gasteiger partial charge in [-0.2, -0.15) is 0 Å². The number of rotatable bonds is 0. The highest BCUT2D eigenvalue weighted by atomic mass is 16.2. The first kappa shape index (κ1) is 14.9. The zero-order valence-corrected chi connectivity index (χ0v) is 14.3. The van der Waals surface area contributed by atoms with Crippen molar-refractivity contribution in [3.05, 3.63) is 59.7 Å². The first-order valence-electron chi connectivity index (χ1n) is 8.55. The van der Waals surface area contributed by atoms with Gasteiger partial charge < -0.3 is 15.5 Å². The Labute approximate surface area is 150 Å². The number of carbonyl (C=O) groups excluding carboxylic acids is 1. The smallest absolute Gasteiger partial charge is 0.282 e. The van der Waals surface area contributed by atoms with Crippen molar-refractivity contribution in [1.29, 1.82) is 0 Å². The van der Waals surface area contributed by atoms with Crippen LogP contribution in [-0.4, -0.2) is 31.4 Å². The molecule has 0 radical (unpaired) electrons. The monoisotopic (exact) mass is 346 g/mol. The maximum atomic E-state index is 13.1. The third-order valence-electron chi connectivity index (χ3n) is 5.18. The molecule has 0 aromatic heterocycles. The molecule has 1 spiro atoms. The lowest BCUT2D eigenvalue weighted by Crippen LogP contribution is -2.54. The minimum absolute atomic E-state index is 0.192. The minimum atomic E-state index is -1.35. The van der Waals surface area contributed by atoms with Gasteiger partial charge in [0.2, 0.25) is 5.96 Å². The zero-order chi connectivity index (χ0) is 17.9. The van der Waals surface area contributed by atoms with Crippen LogP contribution in [0.15, 0.2) is 58.5 Å². The predicted molar refractivity (Wildman–Crippen MR) is 101 cm³/mol. The Kier molecular flexibility index (Phi) is 2.92. The molecular formula is C19H18N6O. The van der Waals surface area contributed by atoms with Crippen molar-refractivity contribution in [3.63, 3.8) is 0 Å². The molecule has 0 unspecified atom stereocenters. The molecule has 3 aliphatic rings. The van der Waals surface area contributed by atoms with Crippen LogP contribution in [0, 0.1) is 0 Å². The molecule has 26 heavy (non-hydrogen) atoms. The number of hydrogen-bond donors (Lipinski definition) is 2. The van der Waals surface area contributed by atoms with Crippen molar-refractivity contribution < 1.29 is 4.79 Å². The summed E-state index contributed by atoms with van der Waals surface area (Å²) in [6.45, 7) is 0.778. The Morgan fingerprint density at radius 3 is 2.65 bits per heavy atom. The van der Waals surface area contributed by atoms with Crippen molar-refractivity contribution in [1.82, 2.24) is 5.32 Å². The van der Waals surface area contributed by atoms with Crippen LogP contribution in [0.5, 0.6) is 0 Å². The standard InChI is InChI=1S/C19H18N6O/c1-24-15-9-5-3-7-13(15)19(16(24)26)22-17(20)21-18(23-19)25-11-10-12-6-2-4-8-14(12)25/h2-9H,10-11H2,1H3,(H3,20,21,22,23)/t19-/m1/s1. The van der Waals surface area contributed by atoms with Gasteiger partial charge in [0.15, 0.2) is 5.96 Å². The number of aliphatic imine (C=N–C) groups is 2. The second-order valence-corrected chi connectivity index (χ2v) is 6.64. The van der Waals surface area contributed by atoms with Gasteiger partial charge in [0.1, 0.15) is 0 Å². The first-order chi connectivity index (χ1) is 12.6. The number of likely N-dealkylation sites (N-methyl/N-ethyl adjacent to an activating group) is 1. The Hall–Kier alpha value is -3.35. The van der Waals surface area contributed by atoms with Gasteiger partial charge in [-0.1, -0.05) is 36.4 Å². The molecular weight excluding hydrogens is 328 g/mol. The number of amides is 1. The molecule has 1 atom stereocenters. The van der Waals surface area contributed by atoms with Gasteiger partial charge in [0, 0.05) is 24.8 Å². The molecule has 0 bridgehead atoms. The summed E-state index contributed by atoms with van der Waals surface area (Å²) in [6, 6.07) is 15.8. The van der Waals surface area contributed by atoms with Crippen molar-refractivity contribution in [2.45, 2.75) is 12.1 Å². The maximum absolute atomic E-state index is 13.1. The van der Waals surface area contributed by atoms with Crippen LogP contribution in [0.3, 0.4) is 0 Å². The van der Waals surface area contributed by atoms with Crippen LogP contribution >= 0.6 is 0 Å². The SMILES string of the molecule is CN1C(=O)[C@@]2(N=C(N)NC(N3CCc4ccccc43)=N2)c2ccccc21. The zero-order valence-electron chi connectivity index (χ0n) is 14.3. The fourth-order valence-corrected chi connectivity index (χ4v) is 3.94. The molecule has 0 saturated carbocycles. The van der Waals surface area contributed by atoms with Gasteiger partial charge in [0.25, 0.3) is 11.6 Å². The average molecular weight is 346 g/mol. The first-order valence-corrected chi connectivity index (χ1v) is 8.55. The van der Waals surface area contributed by atoms with Crippen molar-refractivity contribution in [2.75, 3.05) is 23.4 Å². The Morgan fingerprint density at radius 1 is 1.08 bits per heavy atom. The Bertz CT molecular complexity index is 997. The van der Waals surface area contributed by atoms with Gasteiger partial charge in [-0.15, -0.1) is 0 Å². The highest BCUT2D eigenvalue weighted by molar-refractivity contribution is 6.15. The fourth-order valence-electron chi connectivity index (χ4n) is 3.94. The number of fused-ring (bicyclic) bond motifs is 3. The summed E-state index contributed by atoms with van der Waals surface area (Å²) in [4.78, 5) is 26.0. The summed E-state index contributed by atoms with van der Waals surface area (Å²) >= 11 is 0. The highest BCUT2D eigenvalue weighted by Gasteiger charge is 2.52. The Balaban J connectivity index is 1.67. The number of nitrogens with one attached hydrogen (secondary N) is 1. The van der Waals surface area contributed by atoms with E-state index in [1.165, 1.54) is 5.56 Å². The number of hydrogen-bond acceptors (Lipinski definition) is 6. The number of carbonyl (C=O) groups is 1. The summed E-state index contributed by atoms with van der Waals surface area (Å²) in [5.74, 6) is 0.548. The van der Waals surface area contributed by atoms with E-state index in [1.54, 1.807) is 11.9 Å². The van der Waals surface area contributed by atoms with Crippen LogP contribution in [-0.2, 0) is 16.9 Å². The third kappa shape index (κ3) is 1.85. The number of nitrogens with two attached hydrogens (primary N) is 1. The number of nitrogens with zero attached hydrogens (tertiary/aromatic N) is 4. The lowest BCUT2D eigenvalue weighted by atomic mass is 10.0. The summed E-state index contributed by atoms with van der Waals surface area (Å²) in [5, 5.41) is 3.05. The molecule has 0 fully saturated rings. The van der Waals surface area contributed by atoms with E-state index in [0.29, 0.717) is 5.96 Å². The van der Waals surface area contributed by atoms with E-state index < -0.39 is 5.66 Å². The molecule has 2 aromatic rings. The van der Waals surface area contributed by atoms with Crippen LogP contribution in [0.4, 0.5) is 11.4 Å². The number of guanidine groups is 2. The minimum Gasteiger partial charge on any atom is -0.370 e. The van der Waals surface area contributed by atoms with E-state index >= 15 is 0 Å². The lowest BCUT2D eigenvalue weighted by molar-refractivity contribution is -0.122. The molecule has 3 aliphatic heterocycles. The quantitative estimate of drug-likeness (QED) is 0.749. The largest absolute Gasteiger partial charge is 0.370 e. The van der Waals surface area contributed by atoms with E-state index in [1.807, 2.05) is 36.4 Å². The van der Waals surface area contributed by atoms with Crippen LogP contribution in [0.1, 0.15) is 11.1 Å². The van der Waals surface area contributed by atoms with E-state index in [2.05, 4.69) is 27.3 Å². The molecule has 3 N–H and O–H groups in total. The normalized spacial score (nSPS) is 23.5. The lowest BCUT2D eigenvalue weighted by Gasteiger charge is -2.30.